The van der Waals surface area contributed by atoms with E-state index in [1.807, 2.05) is 29.3 Å². The maximum atomic E-state index is 12.4. The highest BCUT2D eigenvalue weighted by molar-refractivity contribution is 5.97. The fourth-order valence-corrected chi connectivity index (χ4v) is 3.73. The van der Waals surface area contributed by atoms with Gasteiger partial charge in [0.15, 0.2) is 0 Å². The van der Waals surface area contributed by atoms with Crippen LogP contribution in [0.2, 0.25) is 0 Å². The molecule has 0 spiro atoms. The molecule has 0 bridgehead atoms. The number of hydrogen-bond acceptors (Lipinski definition) is 2. The number of likely N-dealkylation sites (tertiary alicyclic amines) is 1. The van der Waals surface area contributed by atoms with Gasteiger partial charge in [-0.1, -0.05) is 25.1 Å². The number of carbonyl (C=O) groups is 2. The van der Waals surface area contributed by atoms with E-state index in [0.717, 1.165) is 37.7 Å². The molecule has 1 aromatic heterocycles. The van der Waals surface area contributed by atoms with E-state index in [1.165, 1.54) is 17.4 Å². The molecule has 134 valence electrons. The van der Waals surface area contributed by atoms with E-state index in [0.29, 0.717) is 12.6 Å². The number of aromatic amines is 1. The van der Waals surface area contributed by atoms with Crippen LogP contribution >= 0.6 is 0 Å². The van der Waals surface area contributed by atoms with E-state index in [-0.39, 0.29) is 18.2 Å². The Morgan fingerprint density at radius 3 is 2.96 bits per heavy atom. The van der Waals surface area contributed by atoms with Gasteiger partial charge < -0.3 is 15.2 Å². The van der Waals surface area contributed by atoms with E-state index in [4.69, 9.17) is 0 Å². The lowest BCUT2D eigenvalue weighted by molar-refractivity contribution is -0.139. The first-order valence-corrected chi connectivity index (χ1v) is 9.30. The van der Waals surface area contributed by atoms with Gasteiger partial charge in [0, 0.05) is 36.2 Å². The fraction of sp³-hybridized carbons (Fsp3) is 0.500. The molecule has 0 radical (unpaired) electrons. The zero-order valence-corrected chi connectivity index (χ0v) is 14.9. The topological polar surface area (TPSA) is 65.2 Å². The number of nitrogens with one attached hydrogen (secondary N) is 2. The maximum Gasteiger partial charge on any atom is 0.232 e. The average Bonchev–Trinajstić information content (AvgIpc) is 3.05. The van der Waals surface area contributed by atoms with Gasteiger partial charge in [0.25, 0.3) is 0 Å². The number of nitrogens with zero attached hydrogens (tertiary/aromatic N) is 1. The predicted molar refractivity (Wildman–Crippen MR) is 99.3 cm³/mol. The number of carbonyl (C=O) groups excluding carboxylic acids is 2. The number of amides is 2. The van der Waals surface area contributed by atoms with Crippen molar-refractivity contribution in [3.05, 3.63) is 36.0 Å². The molecule has 5 heteroatoms. The molecule has 2 aromatic rings. The lowest BCUT2D eigenvalue weighted by atomic mass is 9.99. The highest BCUT2D eigenvalue weighted by Gasteiger charge is 2.26. The van der Waals surface area contributed by atoms with Crippen molar-refractivity contribution < 1.29 is 9.59 Å². The number of para-hydroxylation sites is 1. The minimum atomic E-state index is -0.176. The van der Waals surface area contributed by atoms with Crippen molar-refractivity contribution >= 4 is 22.7 Å². The summed E-state index contributed by atoms with van der Waals surface area (Å²) in [6.07, 6.45) is 6.96. The molecule has 2 amide bonds. The lowest BCUT2D eigenvalue weighted by Gasteiger charge is -2.35. The summed E-state index contributed by atoms with van der Waals surface area (Å²) in [6.45, 7) is 3.45. The smallest absolute Gasteiger partial charge is 0.232 e. The van der Waals surface area contributed by atoms with E-state index < -0.39 is 0 Å². The molecule has 2 heterocycles. The van der Waals surface area contributed by atoms with Crippen molar-refractivity contribution in [1.29, 1.82) is 0 Å². The number of rotatable bonds is 6. The quantitative estimate of drug-likeness (QED) is 0.793. The molecule has 0 saturated carbocycles. The third kappa shape index (κ3) is 4.21. The van der Waals surface area contributed by atoms with Crippen LogP contribution in [0.25, 0.3) is 10.9 Å². The summed E-state index contributed by atoms with van der Waals surface area (Å²) < 4.78 is 0. The number of aromatic nitrogens is 1. The van der Waals surface area contributed by atoms with Crippen LogP contribution in [0.1, 0.15) is 44.6 Å². The van der Waals surface area contributed by atoms with Crippen LogP contribution in [-0.2, 0) is 16.0 Å². The molecule has 1 aliphatic heterocycles. The van der Waals surface area contributed by atoms with E-state index in [1.54, 1.807) is 0 Å². The van der Waals surface area contributed by atoms with Gasteiger partial charge in [0.05, 0.1) is 0 Å². The van der Waals surface area contributed by atoms with Crippen molar-refractivity contribution in [1.82, 2.24) is 15.2 Å². The van der Waals surface area contributed by atoms with Crippen LogP contribution in [0.15, 0.2) is 30.5 Å². The number of benzene rings is 1. The molecular weight excluding hydrogens is 314 g/mol. The summed E-state index contributed by atoms with van der Waals surface area (Å²) in [5.74, 6) is -0.207. The second-order valence-corrected chi connectivity index (χ2v) is 6.78. The predicted octanol–water partition coefficient (Wildman–Crippen LogP) is 3.01. The first kappa shape index (κ1) is 17.5. The molecule has 1 aromatic carbocycles. The summed E-state index contributed by atoms with van der Waals surface area (Å²) in [7, 11) is 0. The lowest BCUT2D eigenvalue weighted by Crippen LogP contribution is -2.45. The normalized spacial score (nSPS) is 17.6. The third-order valence-electron chi connectivity index (χ3n) is 5.12. The van der Waals surface area contributed by atoms with Gasteiger partial charge in [-0.2, -0.15) is 0 Å². The number of hydrogen-bond donors (Lipinski definition) is 2. The summed E-state index contributed by atoms with van der Waals surface area (Å²) in [4.78, 5) is 29.7. The Morgan fingerprint density at radius 1 is 1.28 bits per heavy atom. The number of fused-ring (bicyclic) bond motifs is 1. The minimum absolute atomic E-state index is 0.0313. The van der Waals surface area contributed by atoms with Crippen LogP contribution in [0.4, 0.5) is 0 Å². The zero-order valence-electron chi connectivity index (χ0n) is 14.9. The molecule has 1 atom stereocenters. The van der Waals surface area contributed by atoms with Crippen LogP contribution < -0.4 is 5.32 Å². The van der Waals surface area contributed by atoms with Gasteiger partial charge in [-0.3, -0.25) is 9.59 Å². The summed E-state index contributed by atoms with van der Waals surface area (Å²) in [5.41, 5.74) is 2.29. The molecular formula is C20H27N3O2. The van der Waals surface area contributed by atoms with E-state index >= 15 is 0 Å². The molecule has 1 saturated heterocycles. The Kier molecular flexibility index (Phi) is 5.74. The van der Waals surface area contributed by atoms with E-state index in [9.17, 15) is 9.59 Å². The highest BCUT2D eigenvalue weighted by Crippen LogP contribution is 2.20. The standard InChI is InChI=1S/C20H27N3O2/c1-2-16-7-5-6-12-23(16)20(25)13-19(24)21-11-10-15-14-22-18-9-4-3-8-17(15)18/h3-4,8-9,14,16,22H,2,5-7,10-13H2,1H3,(H,21,24). The van der Waals surface area contributed by atoms with Crippen LogP contribution in [0, 0.1) is 0 Å². The Balaban J connectivity index is 1.47. The Hall–Kier alpha value is -2.30. The SMILES string of the molecule is CCC1CCCCN1C(=O)CC(=O)NCCc1c[nH]c2ccccc12. The molecule has 2 N–H and O–H groups in total. The average molecular weight is 341 g/mol. The molecule has 1 unspecified atom stereocenters. The third-order valence-corrected chi connectivity index (χ3v) is 5.12. The van der Waals surface area contributed by atoms with Gasteiger partial charge in [-0.15, -0.1) is 0 Å². The van der Waals surface area contributed by atoms with Gasteiger partial charge in [0.2, 0.25) is 11.8 Å². The zero-order chi connectivity index (χ0) is 17.6. The monoisotopic (exact) mass is 341 g/mol. The summed E-state index contributed by atoms with van der Waals surface area (Å²) in [5, 5.41) is 4.08. The van der Waals surface area contributed by atoms with Gasteiger partial charge >= 0.3 is 0 Å². The van der Waals surface area contributed by atoms with Crippen LogP contribution in [0.5, 0.6) is 0 Å². The van der Waals surface area contributed by atoms with Crippen molar-refractivity contribution in [2.24, 2.45) is 0 Å². The number of H-pyrrole nitrogens is 1. The molecule has 1 aliphatic rings. The fourth-order valence-electron chi connectivity index (χ4n) is 3.73. The van der Waals surface area contributed by atoms with Gasteiger partial charge in [-0.05, 0) is 43.7 Å². The summed E-state index contributed by atoms with van der Waals surface area (Å²) >= 11 is 0. The highest BCUT2D eigenvalue weighted by atomic mass is 16.2. The second-order valence-electron chi connectivity index (χ2n) is 6.78. The molecule has 25 heavy (non-hydrogen) atoms. The Morgan fingerprint density at radius 2 is 2.12 bits per heavy atom. The van der Waals surface area contributed by atoms with Crippen LogP contribution in [0.3, 0.4) is 0 Å². The Bertz CT molecular complexity index is 737. The molecule has 1 fully saturated rings. The van der Waals surface area contributed by atoms with Gasteiger partial charge in [-0.25, -0.2) is 0 Å². The first-order chi connectivity index (χ1) is 12.2. The van der Waals surface area contributed by atoms with Crippen molar-refractivity contribution in [2.45, 2.75) is 51.5 Å². The molecule has 3 rings (SSSR count). The van der Waals surface area contributed by atoms with Crippen molar-refractivity contribution in [2.75, 3.05) is 13.1 Å². The van der Waals surface area contributed by atoms with Crippen LogP contribution in [-0.4, -0.2) is 40.8 Å². The minimum Gasteiger partial charge on any atom is -0.361 e. The van der Waals surface area contributed by atoms with E-state index in [2.05, 4.69) is 23.3 Å². The largest absolute Gasteiger partial charge is 0.361 e. The second kappa shape index (κ2) is 8.19. The van der Waals surface area contributed by atoms with Gasteiger partial charge in [0.1, 0.15) is 6.42 Å². The first-order valence-electron chi connectivity index (χ1n) is 9.30. The van der Waals surface area contributed by atoms with Crippen molar-refractivity contribution in [3.63, 3.8) is 0 Å². The number of piperidine rings is 1. The van der Waals surface area contributed by atoms with Crippen molar-refractivity contribution in [3.8, 4) is 0 Å². The Labute approximate surface area is 148 Å². The maximum absolute atomic E-state index is 12.4. The summed E-state index contributed by atoms with van der Waals surface area (Å²) in [6, 6.07) is 8.44. The molecule has 5 nitrogen and oxygen atoms in total. The molecule has 0 aliphatic carbocycles.